The Morgan fingerprint density at radius 1 is 1.11 bits per heavy atom. The maximum absolute atomic E-state index is 12.5. The van der Waals surface area contributed by atoms with E-state index in [4.69, 9.17) is 11.6 Å². The summed E-state index contributed by atoms with van der Waals surface area (Å²) < 4.78 is 27.4. The molecule has 3 aromatic rings. The summed E-state index contributed by atoms with van der Waals surface area (Å²) in [6, 6.07) is 14.5. The molecule has 1 aromatic heterocycles. The summed E-state index contributed by atoms with van der Waals surface area (Å²) >= 11 is 6.19. The molecule has 6 nitrogen and oxygen atoms in total. The largest absolute Gasteiger partial charge is 0.348 e. The average Bonchev–Trinajstić information content (AvgIpc) is 2.68. The molecule has 0 spiro atoms. The molecular formula is C20H18ClN3O3S. The van der Waals surface area contributed by atoms with Crippen molar-refractivity contribution >= 4 is 33.2 Å². The lowest BCUT2D eigenvalue weighted by Gasteiger charge is -2.11. The number of carbonyl (C=O) groups excluding carboxylic acids is 1. The van der Waals surface area contributed by atoms with Gasteiger partial charge in [-0.05, 0) is 48.9 Å². The van der Waals surface area contributed by atoms with Gasteiger partial charge in [0, 0.05) is 24.5 Å². The van der Waals surface area contributed by atoms with E-state index < -0.39 is 10.0 Å². The highest BCUT2D eigenvalue weighted by Crippen LogP contribution is 2.26. The molecule has 0 saturated carbocycles. The zero-order valence-electron chi connectivity index (χ0n) is 15.0. The van der Waals surface area contributed by atoms with Gasteiger partial charge >= 0.3 is 0 Å². The Hall–Kier alpha value is -2.90. The quantitative estimate of drug-likeness (QED) is 0.641. The zero-order valence-corrected chi connectivity index (χ0v) is 16.6. The second-order valence-electron chi connectivity index (χ2n) is 6.16. The molecule has 2 N–H and O–H groups in total. The van der Waals surface area contributed by atoms with Crippen molar-refractivity contribution in [1.29, 1.82) is 0 Å². The topological polar surface area (TPSA) is 88.2 Å². The van der Waals surface area contributed by atoms with Gasteiger partial charge in [0.05, 0.1) is 15.6 Å². The van der Waals surface area contributed by atoms with E-state index in [1.807, 2.05) is 13.0 Å². The third-order valence-corrected chi connectivity index (χ3v) is 5.68. The number of hydrogen-bond acceptors (Lipinski definition) is 4. The fourth-order valence-corrected chi connectivity index (χ4v) is 3.81. The summed E-state index contributed by atoms with van der Waals surface area (Å²) in [5, 5.41) is 2.89. The second-order valence-corrected chi connectivity index (χ2v) is 8.25. The van der Waals surface area contributed by atoms with Crippen molar-refractivity contribution in [2.75, 3.05) is 4.72 Å². The number of rotatable bonds is 6. The molecule has 28 heavy (non-hydrogen) atoms. The summed E-state index contributed by atoms with van der Waals surface area (Å²) in [4.78, 5) is 16.4. The monoisotopic (exact) mass is 415 g/mol. The Balaban J connectivity index is 1.71. The van der Waals surface area contributed by atoms with E-state index in [0.29, 0.717) is 12.1 Å². The Labute approximate surface area is 168 Å². The van der Waals surface area contributed by atoms with Crippen molar-refractivity contribution in [3.63, 3.8) is 0 Å². The molecule has 8 heteroatoms. The van der Waals surface area contributed by atoms with Crippen LogP contribution in [0.4, 0.5) is 5.69 Å². The number of nitrogens with one attached hydrogen (secondary N) is 2. The van der Waals surface area contributed by atoms with Crippen LogP contribution in [0.2, 0.25) is 5.02 Å². The predicted octanol–water partition coefficient (Wildman–Crippen LogP) is 3.77. The summed E-state index contributed by atoms with van der Waals surface area (Å²) in [6.07, 6.45) is 3.32. The van der Waals surface area contributed by atoms with E-state index in [1.165, 1.54) is 30.3 Å². The van der Waals surface area contributed by atoms with Crippen LogP contribution >= 0.6 is 11.6 Å². The molecule has 0 fully saturated rings. The molecule has 144 valence electrons. The number of benzene rings is 2. The summed E-state index contributed by atoms with van der Waals surface area (Å²) in [7, 11) is -3.77. The Kier molecular flexibility index (Phi) is 5.96. The van der Waals surface area contributed by atoms with Crippen LogP contribution in [0.1, 0.15) is 21.5 Å². The smallest absolute Gasteiger partial charge is 0.261 e. The van der Waals surface area contributed by atoms with Crippen LogP contribution in [0.5, 0.6) is 0 Å². The van der Waals surface area contributed by atoms with Crippen LogP contribution in [0, 0.1) is 6.92 Å². The van der Waals surface area contributed by atoms with Gasteiger partial charge < -0.3 is 5.32 Å². The molecule has 0 aliphatic heterocycles. The molecule has 0 bridgehead atoms. The van der Waals surface area contributed by atoms with Crippen molar-refractivity contribution in [2.24, 2.45) is 0 Å². The van der Waals surface area contributed by atoms with Gasteiger partial charge in [-0.15, -0.1) is 0 Å². The van der Waals surface area contributed by atoms with E-state index in [9.17, 15) is 13.2 Å². The van der Waals surface area contributed by atoms with Gasteiger partial charge in [-0.1, -0.05) is 35.4 Å². The van der Waals surface area contributed by atoms with Crippen molar-refractivity contribution < 1.29 is 13.2 Å². The number of aryl methyl sites for hydroxylation is 1. The lowest BCUT2D eigenvalue weighted by Crippen LogP contribution is -2.23. The number of carbonyl (C=O) groups is 1. The molecule has 3 rings (SSSR count). The minimum Gasteiger partial charge on any atom is -0.348 e. The van der Waals surface area contributed by atoms with Crippen molar-refractivity contribution in [3.8, 4) is 0 Å². The average molecular weight is 416 g/mol. The van der Waals surface area contributed by atoms with E-state index in [2.05, 4.69) is 15.0 Å². The Morgan fingerprint density at radius 3 is 2.50 bits per heavy atom. The lowest BCUT2D eigenvalue weighted by molar-refractivity contribution is 0.0951. The minimum atomic E-state index is -3.77. The fourth-order valence-electron chi connectivity index (χ4n) is 2.45. The van der Waals surface area contributed by atoms with E-state index in [1.54, 1.807) is 30.6 Å². The van der Waals surface area contributed by atoms with Gasteiger partial charge in [-0.25, -0.2) is 8.42 Å². The van der Waals surface area contributed by atoms with Gasteiger partial charge in [0.15, 0.2) is 0 Å². The van der Waals surface area contributed by atoms with Crippen LogP contribution in [0.25, 0.3) is 0 Å². The second kappa shape index (κ2) is 8.41. The van der Waals surface area contributed by atoms with E-state index in [-0.39, 0.29) is 21.5 Å². The first-order valence-corrected chi connectivity index (χ1v) is 10.3. The van der Waals surface area contributed by atoms with E-state index in [0.717, 1.165) is 11.1 Å². The highest BCUT2D eigenvalue weighted by Gasteiger charge is 2.16. The molecule has 1 heterocycles. The molecular weight excluding hydrogens is 398 g/mol. The molecule has 0 atom stereocenters. The van der Waals surface area contributed by atoms with Crippen LogP contribution in [-0.4, -0.2) is 19.3 Å². The number of pyridine rings is 1. The van der Waals surface area contributed by atoms with Crippen LogP contribution in [0.15, 0.2) is 71.9 Å². The zero-order chi connectivity index (χ0) is 20.1. The Bertz CT molecular complexity index is 1090. The van der Waals surface area contributed by atoms with Crippen LogP contribution < -0.4 is 10.0 Å². The number of sulfonamides is 1. The number of aromatic nitrogens is 1. The molecule has 0 radical (unpaired) electrons. The molecule has 0 aliphatic rings. The molecule has 2 aromatic carbocycles. The summed E-state index contributed by atoms with van der Waals surface area (Å²) in [6.45, 7) is 2.20. The van der Waals surface area contributed by atoms with Crippen molar-refractivity contribution in [3.05, 3.63) is 88.7 Å². The maximum atomic E-state index is 12.5. The van der Waals surface area contributed by atoms with Crippen LogP contribution in [0.3, 0.4) is 0 Å². The van der Waals surface area contributed by atoms with Gasteiger partial charge in [-0.2, -0.15) is 0 Å². The molecule has 0 aliphatic carbocycles. The standard InChI is InChI=1S/C20H18ClN3O3S/c1-14-4-7-17(8-5-14)28(26,27)24-19-9-6-16(11-18(19)21)20(25)23-13-15-3-2-10-22-12-15/h2-12,24H,13H2,1H3,(H,23,25). The third kappa shape index (κ3) is 4.88. The number of hydrogen-bond donors (Lipinski definition) is 2. The van der Waals surface area contributed by atoms with Gasteiger partial charge in [0.25, 0.3) is 15.9 Å². The first kappa shape index (κ1) is 19.9. The van der Waals surface area contributed by atoms with Gasteiger partial charge in [0.1, 0.15) is 0 Å². The minimum absolute atomic E-state index is 0.129. The fraction of sp³-hybridized carbons (Fsp3) is 0.100. The highest BCUT2D eigenvalue weighted by molar-refractivity contribution is 7.92. The predicted molar refractivity (Wildman–Crippen MR) is 109 cm³/mol. The lowest BCUT2D eigenvalue weighted by atomic mass is 10.2. The molecule has 0 saturated heterocycles. The summed E-state index contributed by atoms with van der Waals surface area (Å²) in [5.41, 5.74) is 2.35. The normalized spacial score (nSPS) is 11.1. The first-order valence-electron chi connectivity index (χ1n) is 8.41. The molecule has 1 amide bonds. The number of amides is 1. The number of halogens is 1. The first-order chi connectivity index (χ1) is 13.3. The van der Waals surface area contributed by atoms with Crippen molar-refractivity contribution in [1.82, 2.24) is 10.3 Å². The van der Waals surface area contributed by atoms with Crippen LogP contribution in [-0.2, 0) is 16.6 Å². The number of anilines is 1. The third-order valence-electron chi connectivity index (χ3n) is 3.98. The Morgan fingerprint density at radius 2 is 1.86 bits per heavy atom. The van der Waals surface area contributed by atoms with Gasteiger partial charge in [0.2, 0.25) is 0 Å². The molecule has 0 unspecified atom stereocenters. The maximum Gasteiger partial charge on any atom is 0.261 e. The highest BCUT2D eigenvalue weighted by atomic mass is 35.5. The van der Waals surface area contributed by atoms with Gasteiger partial charge in [-0.3, -0.25) is 14.5 Å². The number of nitrogens with zero attached hydrogens (tertiary/aromatic N) is 1. The SMILES string of the molecule is Cc1ccc(S(=O)(=O)Nc2ccc(C(=O)NCc3cccnc3)cc2Cl)cc1. The summed E-state index contributed by atoms with van der Waals surface area (Å²) in [5.74, 6) is -0.321. The van der Waals surface area contributed by atoms with Crippen molar-refractivity contribution in [2.45, 2.75) is 18.4 Å². The van der Waals surface area contributed by atoms with E-state index >= 15 is 0 Å².